The lowest BCUT2D eigenvalue weighted by atomic mass is 10.1. The molecule has 0 aliphatic rings. The minimum absolute atomic E-state index is 0.0119. The fraction of sp³-hybridized carbons (Fsp3) is 0.100. The molecule has 3 aromatic rings. The first-order valence-corrected chi connectivity index (χ1v) is 8.28. The lowest BCUT2D eigenvalue weighted by Crippen LogP contribution is -2.24. The second-order valence-electron chi connectivity index (χ2n) is 5.68. The van der Waals surface area contributed by atoms with Crippen LogP contribution in [0.15, 0.2) is 66.9 Å². The van der Waals surface area contributed by atoms with Crippen molar-refractivity contribution in [2.24, 2.45) is 0 Å². The summed E-state index contributed by atoms with van der Waals surface area (Å²) in [6.45, 7) is 0.465. The van der Waals surface area contributed by atoms with Gasteiger partial charge in [0, 0.05) is 24.4 Å². The van der Waals surface area contributed by atoms with Gasteiger partial charge in [-0.3, -0.25) is 15.1 Å². The highest BCUT2D eigenvalue weighted by molar-refractivity contribution is 5.93. The van der Waals surface area contributed by atoms with Crippen LogP contribution in [0.1, 0.15) is 11.1 Å². The first-order valence-electron chi connectivity index (χ1n) is 8.28. The number of carbonyl (C=O) groups is 1. The predicted octanol–water partition coefficient (Wildman–Crippen LogP) is 4.08. The van der Waals surface area contributed by atoms with Crippen LogP contribution in [0.2, 0.25) is 0 Å². The van der Waals surface area contributed by atoms with Gasteiger partial charge in [0.1, 0.15) is 6.61 Å². The number of fused-ring (bicyclic) bond motifs is 1. The molecule has 1 N–H and O–H groups in total. The molecule has 136 valence electrons. The van der Waals surface area contributed by atoms with E-state index in [9.17, 15) is 14.9 Å². The van der Waals surface area contributed by atoms with Crippen LogP contribution in [-0.4, -0.2) is 22.5 Å². The van der Waals surface area contributed by atoms with E-state index in [4.69, 9.17) is 4.74 Å². The van der Waals surface area contributed by atoms with Gasteiger partial charge in [-0.1, -0.05) is 42.5 Å². The van der Waals surface area contributed by atoms with Crippen molar-refractivity contribution in [2.45, 2.75) is 6.61 Å². The Labute approximate surface area is 155 Å². The van der Waals surface area contributed by atoms with E-state index < -0.39 is 11.0 Å². The number of rotatable bonds is 6. The zero-order valence-electron chi connectivity index (χ0n) is 14.4. The highest BCUT2D eigenvalue weighted by Gasteiger charge is 2.13. The quantitative estimate of drug-likeness (QED) is 0.526. The number of hydrogen-bond donors (Lipinski definition) is 1. The molecule has 2 aromatic carbocycles. The molecule has 0 bridgehead atoms. The number of nitro benzene ring substituents is 1. The molecule has 27 heavy (non-hydrogen) atoms. The third-order valence-electron chi connectivity index (χ3n) is 3.85. The van der Waals surface area contributed by atoms with Crippen LogP contribution in [0.3, 0.4) is 0 Å². The Hall–Kier alpha value is -3.74. The van der Waals surface area contributed by atoms with Gasteiger partial charge in [-0.2, -0.15) is 0 Å². The molecule has 0 saturated carbocycles. The Morgan fingerprint density at radius 1 is 1.15 bits per heavy atom. The van der Waals surface area contributed by atoms with Crippen LogP contribution >= 0.6 is 0 Å². The number of ether oxygens (including phenoxy) is 1. The van der Waals surface area contributed by atoms with Gasteiger partial charge in [0.2, 0.25) is 0 Å². The molecule has 7 heteroatoms. The number of benzene rings is 2. The van der Waals surface area contributed by atoms with E-state index in [-0.39, 0.29) is 18.8 Å². The molecule has 7 nitrogen and oxygen atoms in total. The molecule has 0 aliphatic heterocycles. The molecule has 0 aliphatic carbocycles. The van der Waals surface area contributed by atoms with Gasteiger partial charge < -0.3 is 10.1 Å². The maximum Gasteiger partial charge on any atom is 0.407 e. The van der Waals surface area contributed by atoms with E-state index >= 15 is 0 Å². The second-order valence-corrected chi connectivity index (χ2v) is 5.68. The van der Waals surface area contributed by atoms with Gasteiger partial charge >= 0.3 is 6.09 Å². The normalized spacial score (nSPS) is 10.8. The fourth-order valence-corrected chi connectivity index (χ4v) is 2.58. The van der Waals surface area contributed by atoms with Crippen molar-refractivity contribution in [2.75, 3.05) is 6.54 Å². The average Bonchev–Trinajstić information content (AvgIpc) is 2.70. The number of nitrogens with zero attached hydrogens (tertiary/aromatic N) is 2. The summed E-state index contributed by atoms with van der Waals surface area (Å²) in [7, 11) is 0. The Balaban J connectivity index is 1.59. The summed E-state index contributed by atoms with van der Waals surface area (Å²) in [5, 5.41) is 14.2. The van der Waals surface area contributed by atoms with E-state index in [1.165, 1.54) is 6.07 Å². The zero-order chi connectivity index (χ0) is 19.1. The van der Waals surface area contributed by atoms with Crippen LogP contribution in [0.4, 0.5) is 10.5 Å². The number of alkyl carbamates (subject to hydrolysis) is 1. The Morgan fingerprint density at radius 3 is 2.74 bits per heavy atom. The number of carbonyl (C=O) groups excluding carboxylic acids is 1. The van der Waals surface area contributed by atoms with Gasteiger partial charge in [-0.15, -0.1) is 0 Å². The van der Waals surface area contributed by atoms with Crippen molar-refractivity contribution >= 4 is 28.8 Å². The Bertz CT molecular complexity index is 987. The Morgan fingerprint density at radius 2 is 1.96 bits per heavy atom. The first-order chi connectivity index (χ1) is 13.1. The lowest BCUT2D eigenvalue weighted by molar-refractivity contribution is -0.383. The van der Waals surface area contributed by atoms with Crippen LogP contribution < -0.4 is 5.32 Å². The summed E-state index contributed by atoms with van der Waals surface area (Å²) in [5.41, 5.74) is 2.19. The number of non-ortho nitro benzene ring substituents is 1. The SMILES string of the molecule is O=C(NCC=Cc1ccc([N+](=O)[O-])c2cccnc12)OCc1ccccc1. The molecular weight excluding hydrogens is 346 g/mol. The van der Waals surface area contributed by atoms with Crippen molar-refractivity contribution in [3.8, 4) is 0 Å². The summed E-state index contributed by atoms with van der Waals surface area (Å²) in [5.74, 6) is 0. The zero-order valence-corrected chi connectivity index (χ0v) is 14.4. The van der Waals surface area contributed by atoms with E-state index in [1.807, 2.05) is 30.3 Å². The molecule has 0 spiro atoms. The molecule has 0 saturated heterocycles. The minimum Gasteiger partial charge on any atom is -0.445 e. The van der Waals surface area contributed by atoms with E-state index in [0.29, 0.717) is 10.9 Å². The second kappa shape index (κ2) is 8.57. The molecule has 0 unspecified atom stereocenters. The number of nitrogens with one attached hydrogen (secondary N) is 1. The van der Waals surface area contributed by atoms with Crippen molar-refractivity contribution in [1.82, 2.24) is 10.3 Å². The van der Waals surface area contributed by atoms with Gasteiger partial charge in [0.05, 0.1) is 15.8 Å². The maximum absolute atomic E-state index is 11.7. The lowest BCUT2D eigenvalue weighted by Gasteiger charge is -2.05. The molecule has 0 atom stereocenters. The molecule has 0 fully saturated rings. The van der Waals surface area contributed by atoms with Crippen LogP contribution in [-0.2, 0) is 11.3 Å². The highest BCUT2D eigenvalue weighted by Crippen LogP contribution is 2.27. The summed E-state index contributed by atoms with van der Waals surface area (Å²) in [6.07, 6.45) is 4.56. The summed E-state index contributed by atoms with van der Waals surface area (Å²) in [4.78, 5) is 26.6. The average molecular weight is 363 g/mol. The molecule has 1 amide bonds. The van der Waals surface area contributed by atoms with Crippen LogP contribution in [0.5, 0.6) is 0 Å². The topological polar surface area (TPSA) is 94.4 Å². The first kappa shape index (κ1) is 18.1. The molecule has 0 radical (unpaired) electrons. The molecule has 1 heterocycles. The number of amides is 1. The van der Waals surface area contributed by atoms with E-state index in [2.05, 4.69) is 10.3 Å². The number of pyridine rings is 1. The monoisotopic (exact) mass is 363 g/mol. The van der Waals surface area contributed by atoms with Gasteiger partial charge in [-0.05, 0) is 23.8 Å². The molecule has 1 aromatic heterocycles. The van der Waals surface area contributed by atoms with E-state index in [1.54, 1.807) is 36.5 Å². The van der Waals surface area contributed by atoms with E-state index in [0.717, 1.165) is 11.1 Å². The number of nitro groups is 1. The van der Waals surface area contributed by atoms with Crippen LogP contribution in [0.25, 0.3) is 17.0 Å². The third kappa shape index (κ3) is 4.66. The third-order valence-corrected chi connectivity index (χ3v) is 3.85. The summed E-state index contributed by atoms with van der Waals surface area (Å²) < 4.78 is 5.12. The van der Waals surface area contributed by atoms with Crippen molar-refractivity contribution in [3.63, 3.8) is 0 Å². The molecular formula is C20H17N3O4. The summed E-state index contributed by atoms with van der Waals surface area (Å²) >= 11 is 0. The minimum atomic E-state index is -0.518. The Kier molecular flexibility index (Phi) is 5.73. The standard InChI is InChI=1S/C20H17N3O4/c24-20(27-14-15-6-2-1-3-7-15)22-13-4-8-16-10-11-18(23(25)26)17-9-5-12-21-19(16)17/h1-12H,13-14H2,(H,22,24). The van der Waals surface area contributed by atoms with Gasteiger partial charge in [0.25, 0.3) is 5.69 Å². The smallest absolute Gasteiger partial charge is 0.407 e. The van der Waals surface area contributed by atoms with Crippen molar-refractivity contribution in [1.29, 1.82) is 0 Å². The molecule has 3 rings (SSSR count). The van der Waals surface area contributed by atoms with Crippen molar-refractivity contribution < 1.29 is 14.5 Å². The number of aromatic nitrogens is 1. The summed E-state index contributed by atoms with van der Waals surface area (Å²) in [6, 6.07) is 15.8. The number of hydrogen-bond acceptors (Lipinski definition) is 5. The van der Waals surface area contributed by atoms with Crippen molar-refractivity contribution in [3.05, 3.63) is 88.1 Å². The largest absolute Gasteiger partial charge is 0.445 e. The van der Waals surface area contributed by atoms with Crippen LogP contribution in [0, 0.1) is 10.1 Å². The van der Waals surface area contributed by atoms with Gasteiger partial charge in [-0.25, -0.2) is 4.79 Å². The predicted molar refractivity (Wildman–Crippen MR) is 102 cm³/mol. The maximum atomic E-state index is 11.7. The van der Waals surface area contributed by atoms with Gasteiger partial charge in [0.15, 0.2) is 0 Å². The highest BCUT2D eigenvalue weighted by atomic mass is 16.6. The fourth-order valence-electron chi connectivity index (χ4n) is 2.58.